The molecule has 0 radical (unpaired) electrons. The lowest BCUT2D eigenvalue weighted by Gasteiger charge is -2.38. The van der Waals surface area contributed by atoms with Crippen LogP contribution in [0.2, 0.25) is 5.15 Å². The summed E-state index contributed by atoms with van der Waals surface area (Å²) in [5.41, 5.74) is 1.80. The van der Waals surface area contributed by atoms with Crippen LogP contribution in [-0.4, -0.2) is 37.4 Å². The lowest BCUT2D eigenvalue weighted by atomic mass is 9.74. The largest absolute Gasteiger partial charge is 0.454 e. The zero-order valence-corrected chi connectivity index (χ0v) is 15.6. The molecule has 0 unspecified atom stereocenters. The lowest BCUT2D eigenvalue weighted by molar-refractivity contribution is -0.121. The van der Waals surface area contributed by atoms with Gasteiger partial charge in [-0.3, -0.25) is 4.79 Å². The first-order valence-electron chi connectivity index (χ1n) is 9.00. The minimum atomic E-state index is -0.173. The summed E-state index contributed by atoms with van der Waals surface area (Å²) >= 11 is 5.79. The third-order valence-electron chi connectivity index (χ3n) is 5.21. The maximum atomic E-state index is 12.5. The standard InChI is InChI=1S/C20H21ClN2O4/c21-18-4-1-14(11-22-18)9-19(24)23-12-20(5-7-25-8-6-20)15-2-3-16-17(10-15)27-13-26-16/h1-4,10-11H,5-9,12-13H2,(H,23,24). The smallest absolute Gasteiger partial charge is 0.231 e. The van der Waals surface area contributed by atoms with Crippen LogP contribution in [0.5, 0.6) is 11.5 Å². The summed E-state index contributed by atoms with van der Waals surface area (Å²) in [6.07, 6.45) is 3.59. The van der Waals surface area contributed by atoms with Crippen molar-refractivity contribution in [3.8, 4) is 11.5 Å². The number of hydrogen-bond acceptors (Lipinski definition) is 5. The van der Waals surface area contributed by atoms with Gasteiger partial charge in [0.1, 0.15) is 5.15 Å². The van der Waals surface area contributed by atoms with E-state index in [1.165, 1.54) is 0 Å². The number of amides is 1. The first-order valence-corrected chi connectivity index (χ1v) is 9.37. The van der Waals surface area contributed by atoms with Crippen molar-refractivity contribution < 1.29 is 19.0 Å². The number of nitrogens with zero attached hydrogens (tertiary/aromatic N) is 1. The predicted molar refractivity (Wildman–Crippen MR) is 100 cm³/mol. The summed E-state index contributed by atoms with van der Waals surface area (Å²) in [5.74, 6) is 1.49. The van der Waals surface area contributed by atoms with Crippen molar-refractivity contribution in [1.29, 1.82) is 0 Å². The van der Waals surface area contributed by atoms with Gasteiger partial charge >= 0.3 is 0 Å². The van der Waals surface area contributed by atoms with E-state index in [4.69, 9.17) is 25.8 Å². The van der Waals surface area contributed by atoms with Crippen LogP contribution in [0, 0.1) is 0 Å². The highest BCUT2D eigenvalue weighted by Crippen LogP contribution is 2.40. The number of halogens is 1. The molecule has 0 spiro atoms. The number of carbonyl (C=O) groups is 1. The number of carbonyl (C=O) groups excluding carboxylic acids is 1. The first kappa shape index (κ1) is 18.1. The van der Waals surface area contributed by atoms with Crippen LogP contribution >= 0.6 is 11.6 Å². The molecule has 3 heterocycles. The molecule has 1 N–H and O–H groups in total. The van der Waals surface area contributed by atoms with Crippen LogP contribution < -0.4 is 14.8 Å². The SMILES string of the molecule is O=C(Cc1ccc(Cl)nc1)NCC1(c2ccc3c(c2)OCO3)CCOCC1. The van der Waals surface area contributed by atoms with Gasteiger partial charge in [-0.2, -0.15) is 0 Å². The van der Waals surface area contributed by atoms with E-state index in [2.05, 4.69) is 16.4 Å². The number of rotatable bonds is 5. The van der Waals surface area contributed by atoms with Crippen molar-refractivity contribution >= 4 is 17.5 Å². The molecule has 6 nitrogen and oxygen atoms in total. The van der Waals surface area contributed by atoms with Crippen LogP contribution in [0.3, 0.4) is 0 Å². The fourth-order valence-corrected chi connectivity index (χ4v) is 3.69. The van der Waals surface area contributed by atoms with Crippen LogP contribution in [0.25, 0.3) is 0 Å². The maximum Gasteiger partial charge on any atom is 0.231 e. The van der Waals surface area contributed by atoms with E-state index in [1.54, 1.807) is 12.3 Å². The molecule has 0 aliphatic carbocycles. The van der Waals surface area contributed by atoms with Gasteiger partial charge in [0.25, 0.3) is 0 Å². The first-order chi connectivity index (χ1) is 13.1. The molecule has 0 atom stereocenters. The van der Waals surface area contributed by atoms with Gasteiger partial charge in [-0.15, -0.1) is 0 Å². The molecule has 0 bridgehead atoms. The molecule has 4 rings (SSSR count). The Morgan fingerprint density at radius 3 is 2.74 bits per heavy atom. The topological polar surface area (TPSA) is 69.7 Å². The Balaban J connectivity index is 1.47. The molecule has 142 valence electrons. The Bertz CT molecular complexity index is 819. The zero-order valence-electron chi connectivity index (χ0n) is 14.9. The molecule has 2 aliphatic rings. The molecule has 7 heteroatoms. The molecular weight excluding hydrogens is 368 g/mol. The van der Waals surface area contributed by atoms with Crippen molar-refractivity contribution in [3.05, 3.63) is 52.8 Å². The summed E-state index contributed by atoms with van der Waals surface area (Å²) in [7, 11) is 0. The number of pyridine rings is 1. The van der Waals surface area contributed by atoms with Gasteiger partial charge in [0, 0.05) is 31.4 Å². The van der Waals surface area contributed by atoms with Crippen molar-refractivity contribution in [2.24, 2.45) is 0 Å². The third-order valence-corrected chi connectivity index (χ3v) is 5.44. The lowest BCUT2D eigenvalue weighted by Crippen LogP contribution is -2.45. The highest BCUT2D eigenvalue weighted by molar-refractivity contribution is 6.29. The minimum Gasteiger partial charge on any atom is -0.454 e. The van der Waals surface area contributed by atoms with E-state index in [1.807, 2.05) is 18.2 Å². The highest BCUT2D eigenvalue weighted by atomic mass is 35.5. The Labute approximate surface area is 162 Å². The maximum absolute atomic E-state index is 12.5. The molecule has 1 fully saturated rings. The van der Waals surface area contributed by atoms with Crippen LogP contribution in [-0.2, 0) is 21.4 Å². The summed E-state index contributed by atoms with van der Waals surface area (Å²) in [6, 6.07) is 9.54. The molecule has 2 aliphatic heterocycles. The van der Waals surface area contributed by atoms with E-state index in [-0.39, 0.29) is 24.5 Å². The Kier molecular flexibility index (Phi) is 5.18. The Morgan fingerprint density at radius 2 is 1.96 bits per heavy atom. The molecular formula is C20H21ClN2O4. The van der Waals surface area contributed by atoms with E-state index >= 15 is 0 Å². The second-order valence-electron chi connectivity index (χ2n) is 6.90. The number of fused-ring (bicyclic) bond motifs is 1. The van der Waals surface area contributed by atoms with Gasteiger partial charge in [0.2, 0.25) is 12.7 Å². The van der Waals surface area contributed by atoms with Crippen LogP contribution in [0.4, 0.5) is 0 Å². The number of ether oxygens (including phenoxy) is 3. The second-order valence-corrected chi connectivity index (χ2v) is 7.29. The monoisotopic (exact) mass is 388 g/mol. The fourth-order valence-electron chi connectivity index (χ4n) is 3.58. The molecule has 1 amide bonds. The van der Waals surface area contributed by atoms with E-state index in [0.717, 1.165) is 35.5 Å². The molecule has 1 aromatic carbocycles. The molecule has 0 saturated carbocycles. The minimum absolute atomic E-state index is 0.0364. The molecule has 1 aromatic heterocycles. The quantitative estimate of drug-likeness (QED) is 0.797. The Hall–Kier alpha value is -2.31. The summed E-state index contributed by atoms with van der Waals surface area (Å²) in [6.45, 7) is 2.15. The normalized spacial score (nSPS) is 17.5. The number of benzene rings is 1. The molecule has 2 aromatic rings. The van der Waals surface area contributed by atoms with Gasteiger partial charge in [0.15, 0.2) is 11.5 Å². The fraction of sp³-hybridized carbons (Fsp3) is 0.400. The van der Waals surface area contributed by atoms with Crippen molar-refractivity contribution in [1.82, 2.24) is 10.3 Å². The van der Waals surface area contributed by atoms with Gasteiger partial charge in [0.05, 0.1) is 6.42 Å². The van der Waals surface area contributed by atoms with Crippen LogP contribution in [0.1, 0.15) is 24.0 Å². The van der Waals surface area contributed by atoms with Gasteiger partial charge in [-0.25, -0.2) is 4.98 Å². The average molecular weight is 389 g/mol. The van der Waals surface area contributed by atoms with Gasteiger partial charge in [-0.1, -0.05) is 23.7 Å². The number of aromatic nitrogens is 1. The second kappa shape index (κ2) is 7.74. The van der Waals surface area contributed by atoms with Gasteiger partial charge < -0.3 is 19.5 Å². The van der Waals surface area contributed by atoms with Gasteiger partial charge in [-0.05, 0) is 42.2 Å². The summed E-state index contributed by atoms with van der Waals surface area (Å²) in [5, 5.41) is 3.51. The average Bonchev–Trinajstić information content (AvgIpc) is 3.17. The van der Waals surface area contributed by atoms with Crippen molar-refractivity contribution in [2.75, 3.05) is 26.6 Å². The van der Waals surface area contributed by atoms with E-state index in [0.29, 0.717) is 24.9 Å². The van der Waals surface area contributed by atoms with Crippen LogP contribution in [0.15, 0.2) is 36.5 Å². The van der Waals surface area contributed by atoms with E-state index in [9.17, 15) is 4.79 Å². The third kappa shape index (κ3) is 4.01. The van der Waals surface area contributed by atoms with Crippen molar-refractivity contribution in [3.63, 3.8) is 0 Å². The predicted octanol–water partition coefficient (Wildman–Crippen LogP) is 2.87. The Morgan fingerprint density at radius 1 is 1.15 bits per heavy atom. The molecule has 27 heavy (non-hydrogen) atoms. The number of nitrogens with one attached hydrogen (secondary N) is 1. The number of hydrogen-bond donors (Lipinski definition) is 1. The summed E-state index contributed by atoms with van der Waals surface area (Å²) < 4.78 is 16.5. The van der Waals surface area contributed by atoms with E-state index < -0.39 is 0 Å². The summed E-state index contributed by atoms with van der Waals surface area (Å²) in [4.78, 5) is 16.5. The zero-order chi connectivity index (χ0) is 18.7. The van der Waals surface area contributed by atoms with Crippen molar-refractivity contribution in [2.45, 2.75) is 24.7 Å². The highest BCUT2D eigenvalue weighted by Gasteiger charge is 2.36. The molecule has 1 saturated heterocycles.